The fourth-order valence-electron chi connectivity index (χ4n) is 2.09. The molecule has 3 rings (SSSR count). The van der Waals surface area contributed by atoms with Crippen molar-refractivity contribution in [3.63, 3.8) is 0 Å². The molecule has 0 fully saturated rings. The predicted octanol–water partition coefficient (Wildman–Crippen LogP) is 2.33. The number of carboxylic acids is 1. The molecule has 1 aliphatic heterocycles. The highest BCUT2D eigenvalue weighted by Gasteiger charge is 2.23. The smallest absolute Gasteiger partial charge is 0.354 e. The lowest BCUT2D eigenvalue weighted by molar-refractivity contribution is 0.0690. The summed E-state index contributed by atoms with van der Waals surface area (Å²) in [6.07, 6.45) is 0. The van der Waals surface area contributed by atoms with Gasteiger partial charge in [0.15, 0.2) is 5.69 Å². The van der Waals surface area contributed by atoms with Gasteiger partial charge in [-0.25, -0.2) is 9.78 Å². The lowest BCUT2D eigenvalue weighted by Crippen LogP contribution is -2.14. The number of hydrogen-bond acceptors (Lipinski definition) is 4. The van der Waals surface area contributed by atoms with Crippen LogP contribution in [0.25, 0.3) is 0 Å². The number of carboxylic acid groups (broad SMARTS) is 1. The van der Waals surface area contributed by atoms with E-state index in [2.05, 4.69) is 10.3 Å². The third kappa shape index (κ3) is 2.22. The monoisotopic (exact) mass is 256 g/mol. The molecule has 1 aliphatic rings. The van der Waals surface area contributed by atoms with Gasteiger partial charge in [0.2, 0.25) is 0 Å². The van der Waals surface area contributed by atoms with Crippen LogP contribution in [0.3, 0.4) is 0 Å². The Morgan fingerprint density at radius 1 is 1.26 bits per heavy atom. The van der Waals surface area contributed by atoms with Crippen LogP contribution in [-0.2, 0) is 0 Å². The van der Waals surface area contributed by atoms with Gasteiger partial charge in [-0.15, -0.1) is 0 Å². The van der Waals surface area contributed by atoms with Gasteiger partial charge >= 0.3 is 5.97 Å². The Balaban J connectivity index is 1.83. The van der Waals surface area contributed by atoms with Crippen molar-refractivity contribution < 1.29 is 14.6 Å². The molecule has 1 atom stereocenters. The summed E-state index contributed by atoms with van der Waals surface area (Å²) >= 11 is 0. The maximum atomic E-state index is 10.9. The normalized spacial score (nSPS) is 16.5. The van der Waals surface area contributed by atoms with Crippen LogP contribution < -0.4 is 10.1 Å². The number of rotatable bonds is 3. The first-order valence-corrected chi connectivity index (χ1v) is 5.92. The van der Waals surface area contributed by atoms with Crippen molar-refractivity contribution in [2.75, 3.05) is 11.9 Å². The number of anilines is 1. The fraction of sp³-hybridized carbons (Fsp3) is 0.143. The van der Waals surface area contributed by atoms with Crippen LogP contribution in [0.5, 0.6) is 5.75 Å². The molecule has 0 bridgehead atoms. The van der Waals surface area contributed by atoms with Crippen LogP contribution in [-0.4, -0.2) is 22.7 Å². The SMILES string of the molecule is O=C(O)c1cccc(NC2COc3ccccc32)n1. The fourth-order valence-corrected chi connectivity index (χ4v) is 2.09. The summed E-state index contributed by atoms with van der Waals surface area (Å²) in [5, 5.41) is 12.1. The quantitative estimate of drug-likeness (QED) is 0.881. The van der Waals surface area contributed by atoms with Gasteiger partial charge in [0.1, 0.15) is 18.2 Å². The molecule has 96 valence electrons. The summed E-state index contributed by atoms with van der Waals surface area (Å²) in [6, 6.07) is 12.6. The summed E-state index contributed by atoms with van der Waals surface area (Å²) in [7, 11) is 0. The van der Waals surface area contributed by atoms with Crippen LogP contribution in [0, 0.1) is 0 Å². The first kappa shape index (κ1) is 11.5. The molecular weight excluding hydrogens is 244 g/mol. The van der Waals surface area contributed by atoms with E-state index in [0.29, 0.717) is 12.4 Å². The van der Waals surface area contributed by atoms with E-state index >= 15 is 0 Å². The zero-order chi connectivity index (χ0) is 13.2. The highest BCUT2D eigenvalue weighted by Crippen LogP contribution is 2.33. The van der Waals surface area contributed by atoms with Crippen molar-refractivity contribution in [1.82, 2.24) is 4.98 Å². The molecule has 0 saturated heterocycles. The molecule has 2 aromatic rings. The summed E-state index contributed by atoms with van der Waals surface area (Å²) in [5.74, 6) is 0.353. The second-order valence-corrected chi connectivity index (χ2v) is 4.26. The molecule has 1 aromatic carbocycles. The van der Waals surface area contributed by atoms with Gasteiger partial charge in [0, 0.05) is 5.56 Å². The van der Waals surface area contributed by atoms with Crippen molar-refractivity contribution in [2.45, 2.75) is 6.04 Å². The third-order valence-corrected chi connectivity index (χ3v) is 2.99. The molecule has 0 amide bonds. The lowest BCUT2D eigenvalue weighted by Gasteiger charge is -2.12. The Morgan fingerprint density at radius 3 is 2.95 bits per heavy atom. The Hall–Kier alpha value is -2.56. The Labute approximate surface area is 109 Å². The first-order chi connectivity index (χ1) is 9.24. The topological polar surface area (TPSA) is 71.5 Å². The number of hydrogen-bond donors (Lipinski definition) is 2. The average molecular weight is 256 g/mol. The number of pyridine rings is 1. The molecule has 1 unspecified atom stereocenters. The van der Waals surface area contributed by atoms with Gasteiger partial charge in [-0.05, 0) is 18.2 Å². The van der Waals surface area contributed by atoms with Gasteiger partial charge in [-0.3, -0.25) is 0 Å². The van der Waals surface area contributed by atoms with Crippen LogP contribution in [0.4, 0.5) is 5.82 Å². The molecule has 5 nitrogen and oxygen atoms in total. The summed E-state index contributed by atoms with van der Waals surface area (Å²) < 4.78 is 5.55. The van der Waals surface area contributed by atoms with Gasteiger partial charge in [-0.1, -0.05) is 24.3 Å². The second-order valence-electron chi connectivity index (χ2n) is 4.26. The van der Waals surface area contributed by atoms with Gasteiger partial charge in [0.05, 0.1) is 6.04 Å². The van der Waals surface area contributed by atoms with E-state index in [1.165, 1.54) is 6.07 Å². The maximum Gasteiger partial charge on any atom is 0.354 e. The molecule has 0 saturated carbocycles. The number of benzene rings is 1. The van der Waals surface area contributed by atoms with E-state index < -0.39 is 5.97 Å². The number of para-hydroxylation sites is 1. The molecule has 0 aliphatic carbocycles. The number of carbonyl (C=O) groups is 1. The minimum atomic E-state index is -1.04. The van der Waals surface area contributed by atoms with Crippen LogP contribution >= 0.6 is 0 Å². The van der Waals surface area contributed by atoms with E-state index in [1.807, 2.05) is 24.3 Å². The highest BCUT2D eigenvalue weighted by atomic mass is 16.5. The van der Waals surface area contributed by atoms with Crippen molar-refractivity contribution >= 4 is 11.8 Å². The van der Waals surface area contributed by atoms with Crippen LogP contribution in [0.2, 0.25) is 0 Å². The summed E-state index contributed by atoms with van der Waals surface area (Å²) in [4.78, 5) is 14.9. The van der Waals surface area contributed by atoms with Crippen LogP contribution in [0.15, 0.2) is 42.5 Å². The molecule has 5 heteroatoms. The van der Waals surface area contributed by atoms with Crippen molar-refractivity contribution in [3.8, 4) is 5.75 Å². The molecule has 19 heavy (non-hydrogen) atoms. The number of nitrogens with zero attached hydrogens (tertiary/aromatic N) is 1. The first-order valence-electron chi connectivity index (χ1n) is 5.92. The Morgan fingerprint density at radius 2 is 2.11 bits per heavy atom. The molecular formula is C14H12N2O3. The number of ether oxygens (including phenoxy) is 1. The largest absolute Gasteiger partial charge is 0.491 e. The van der Waals surface area contributed by atoms with Gasteiger partial charge in [-0.2, -0.15) is 0 Å². The third-order valence-electron chi connectivity index (χ3n) is 2.99. The number of aromatic carboxylic acids is 1. The number of aromatic nitrogens is 1. The Kier molecular flexibility index (Phi) is 2.79. The van der Waals surface area contributed by atoms with E-state index in [1.54, 1.807) is 12.1 Å². The zero-order valence-electron chi connectivity index (χ0n) is 10.0. The molecule has 2 heterocycles. The molecule has 2 N–H and O–H groups in total. The molecule has 0 spiro atoms. The minimum absolute atomic E-state index is 0.00672. The zero-order valence-corrected chi connectivity index (χ0v) is 10.0. The second kappa shape index (κ2) is 4.61. The van der Waals surface area contributed by atoms with Crippen molar-refractivity contribution in [1.29, 1.82) is 0 Å². The number of fused-ring (bicyclic) bond motifs is 1. The lowest BCUT2D eigenvalue weighted by atomic mass is 10.1. The average Bonchev–Trinajstić information content (AvgIpc) is 2.83. The highest BCUT2D eigenvalue weighted by molar-refractivity contribution is 5.85. The molecule has 0 radical (unpaired) electrons. The molecule has 1 aromatic heterocycles. The van der Waals surface area contributed by atoms with E-state index in [0.717, 1.165) is 11.3 Å². The van der Waals surface area contributed by atoms with E-state index in [9.17, 15) is 4.79 Å². The maximum absolute atomic E-state index is 10.9. The van der Waals surface area contributed by atoms with Crippen LogP contribution in [0.1, 0.15) is 22.1 Å². The van der Waals surface area contributed by atoms with E-state index in [4.69, 9.17) is 9.84 Å². The van der Waals surface area contributed by atoms with Crippen molar-refractivity contribution in [3.05, 3.63) is 53.7 Å². The predicted molar refractivity (Wildman–Crippen MR) is 69.5 cm³/mol. The van der Waals surface area contributed by atoms with E-state index in [-0.39, 0.29) is 11.7 Å². The van der Waals surface area contributed by atoms with Gasteiger partial charge in [0.25, 0.3) is 0 Å². The Bertz CT molecular complexity index is 628. The van der Waals surface area contributed by atoms with Gasteiger partial charge < -0.3 is 15.2 Å². The number of nitrogens with one attached hydrogen (secondary N) is 1. The standard InChI is InChI=1S/C14H12N2O3/c17-14(18)10-5-3-7-13(15-10)16-11-8-19-12-6-2-1-4-9(11)12/h1-7,11H,8H2,(H,15,16)(H,17,18). The minimum Gasteiger partial charge on any atom is -0.491 e. The van der Waals surface area contributed by atoms with Crippen molar-refractivity contribution in [2.24, 2.45) is 0 Å². The summed E-state index contributed by atoms with van der Waals surface area (Å²) in [5.41, 5.74) is 1.09. The summed E-state index contributed by atoms with van der Waals surface area (Å²) in [6.45, 7) is 0.512.